The lowest BCUT2D eigenvalue weighted by Crippen LogP contribution is -2.37. The van der Waals surface area contributed by atoms with Crippen LogP contribution in [-0.2, 0) is 13.1 Å². The molecule has 0 spiro atoms. The number of halogens is 1. The highest BCUT2D eigenvalue weighted by Crippen LogP contribution is 2.08. The molecule has 2 aromatic rings. The number of carbonyl (C=O) groups is 1. The zero-order valence-corrected chi connectivity index (χ0v) is 19.1. The first kappa shape index (κ1) is 23.7. The number of amides is 1. The Morgan fingerprint density at radius 1 is 1.14 bits per heavy atom. The van der Waals surface area contributed by atoms with Crippen LogP contribution in [0.1, 0.15) is 28.5 Å². The summed E-state index contributed by atoms with van der Waals surface area (Å²) in [6.45, 7) is 3.83. The van der Waals surface area contributed by atoms with E-state index >= 15 is 0 Å². The fourth-order valence-electron chi connectivity index (χ4n) is 2.37. The highest BCUT2D eigenvalue weighted by atomic mass is 127. The van der Waals surface area contributed by atoms with Crippen LogP contribution in [-0.4, -0.2) is 49.5 Å². The molecule has 1 aromatic heterocycles. The van der Waals surface area contributed by atoms with E-state index in [1.165, 1.54) is 0 Å². The van der Waals surface area contributed by atoms with Gasteiger partial charge in [-0.25, -0.2) is 9.98 Å². The van der Waals surface area contributed by atoms with E-state index < -0.39 is 0 Å². The molecule has 1 aromatic carbocycles. The van der Waals surface area contributed by atoms with Crippen LogP contribution in [0.25, 0.3) is 0 Å². The van der Waals surface area contributed by atoms with Crippen LogP contribution < -0.4 is 15.4 Å². The van der Waals surface area contributed by atoms with Crippen molar-refractivity contribution in [3.63, 3.8) is 0 Å². The van der Waals surface area contributed by atoms with Gasteiger partial charge in [0.05, 0.1) is 25.9 Å². The third-order valence-electron chi connectivity index (χ3n) is 3.80. The predicted octanol–water partition coefficient (Wildman–Crippen LogP) is 2.67. The molecule has 7 nitrogen and oxygen atoms in total. The van der Waals surface area contributed by atoms with Crippen LogP contribution in [0.2, 0.25) is 0 Å². The lowest BCUT2D eigenvalue weighted by molar-refractivity contribution is 0.0827. The zero-order valence-electron chi connectivity index (χ0n) is 16.7. The maximum absolute atomic E-state index is 11.9. The Hall–Kier alpha value is -2.36. The third kappa shape index (κ3) is 7.34. The summed E-state index contributed by atoms with van der Waals surface area (Å²) < 4.78 is 5.14. The molecule has 0 aliphatic carbocycles. The van der Waals surface area contributed by atoms with E-state index in [0.29, 0.717) is 30.5 Å². The molecular formula is C20H28IN5O2. The molecule has 1 heterocycles. The molecule has 0 atom stereocenters. The Kier molecular flexibility index (Phi) is 10.3. The van der Waals surface area contributed by atoms with Gasteiger partial charge < -0.3 is 20.3 Å². The minimum atomic E-state index is -0.00848. The number of aliphatic imine (C=N–C) groups is 1. The second-order valence-electron chi connectivity index (χ2n) is 6.12. The van der Waals surface area contributed by atoms with Gasteiger partial charge in [-0.1, -0.05) is 18.2 Å². The van der Waals surface area contributed by atoms with Crippen LogP contribution >= 0.6 is 24.0 Å². The highest BCUT2D eigenvalue weighted by Gasteiger charge is 2.07. The third-order valence-corrected chi connectivity index (χ3v) is 3.80. The number of benzene rings is 1. The first-order valence-corrected chi connectivity index (χ1v) is 8.86. The van der Waals surface area contributed by atoms with Crippen LogP contribution in [0.15, 0.2) is 47.5 Å². The van der Waals surface area contributed by atoms with Gasteiger partial charge in [0.25, 0.3) is 5.91 Å². The Morgan fingerprint density at radius 3 is 2.46 bits per heavy atom. The van der Waals surface area contributed by atoms with Crippen molar-refractivity contribution in [2.24, 2.45) is 4.99 Å². The molecule has 0 aliphatic heterocycles. The second-order valence-corrected chi connectivity index (χ2v) is 6.12. The van der Waals surface area contributed by atoms with Gasteiger partial charge in [-0.15, -0.1) is 24.0 Å². The molecule has 8 heteroatoms. The minimum Gasteiger partial charge on any atom is -0.481 e. The maximum Gasteiger partial charge on any atom is 0.253 e. The predicted molar refractivity (Wildman–Crippen MR) is 122 cm³/mol. The number of hydrogen-bond donors (Lipinski definition) is 2. The standard InChI is InChI=1S/C20H27N5O2.HI/c1-5-21-20(23-14-17-7-6-8-18(24-17)27-4)22-13-15-9-11-16(12-10-15)19(26)25(2)3;/h6-12H,5,13-14H2,1-4H3,(H2,21,22,23);1H. The number of guanidine groups is 1. The molecule has 2 rings (SSSR count). The normalized spacial score (nSPS) is 10.6. The number of hydrogen-bond acceptors (Lipinski definition) is 4. The zero-order chi connectivity index (χ0) is 19.6. The van der Waals surface area contributed by atoms with Gasteiger partial charge in [-0.3, -0.25) is 4.79 Å². The molecule has 0 saturated heterocycles. The number of carbonyl (C=O) groups excluding carboxylic acids is 1. The molecule has 0 bridgehead atoms. The van der Waals surface area contributed by atoms with Gasteiger partial charge in [0.15, 0.2) is 5.96 Å². The lowest BCUT2D eigenvalue weighted by atomic mass is 10.1. The first-order chi connectivity index (χ1) is 13.0. The largest absolute Gasteiger partial charge is 0.481 e. The van der Waals surface area contributed by atoms with Crippen molar-refractivity contribution in [2.45, 2.75) is 20.0 Å². The number of pyridine rings is 1. The number of aromatic nitrogens is 1. The fraction of sp³-hybridized carbons (Fsp3) is 0.350. The van der Waals surface area contributed by atoms with E-state index in [9.17, 15) is 4.79 Å². The molecule has 152 valence electrons. The average Bonchev–Trinajstić information content (AvgIpc) is 2.70. The summed E-state index contributed by atoms with van der Waals surface area (Å²) in [7, 11) is 5.08. The summed E-state index contributed by atoms with van der Waals surface area (Å²) >= 11 is 0. The Labute approximate surface area is 183 Å². The van der Waals surface area contributed by atoms with Crippen LogP contribution in [0.4, 0.5) is 0 Å². The highest BCUT2D eigenvalue weighted by molar-refractivity contribution is 14.0. The molecular weight excluding hydrogens is 469 g/mol. The number of nitrogens with zero attached hydrogens (tertiary/aromatic N) is 3. The topological polar surface area (TPSA) is 78.9 Å². The molecule has 0 fully saturated rings. The van der Waals surface area contributed by atoms with Gasteiger partial charge in [-0.05, 0) is 30.7 Å². The van der Waals surface area contributed by atoms with Crippen molar-refractivity contribution in [2.75, 3.05) is 27.7 Å². The van der Waals surface area contributed by atoms with Crippen molar-refractivity contribution >= 4 is 35.8 Å². The molecule has 0 radical (unpaired) electrons. The molecule has 1 amide bonds. The minimum absolute atomic E-state index is 0. The summed E-state index contributed by atoms with van der Waals surface area (Å²) in [5.41, 5.74) is 2.57. The quantitative estimate of drug-likeness (QED) is 0.350. The fourth-order valence-corrected chi connectivity index (χ4v) is 2.37. The molecule has 2 N–H and O–H groups in total. The van der Waals surface area contributed by atoms with E-state index in [2.05, 4.69) is 20.6 Å². The van der Waals surface area contributed by atoms with Gasteiger partial charge in [0.1, 0.15) is 0 Å². The van der Waals surface area contributed by atoms with E-state index in [1.54, 1.807) is 26.1 Å². The van der Waals surface area contributed by atoms with E-state index in [0.717, 1.165) is 17.8 Å². The summed E-state index contributed by atoms with van der Waals surface area (Å²) in [5, 5.41) is 6.48. The number of methoxy groups -OCH3 is 1. The van der Waals surface area contributed by atoms with Crippen molar-refractivity contribution < 1.29 is 9.53 Å². The van der Waals surface area contributed by atoms with Crippen molar-refractivity contribution in [1.82, 2.24) is 20.5 Å². The Balaban J connectivity index is 0.00000392. The SMILES string of the molecule is CCNC(=NCc1ccc(C(=O)N(C)C)cc1)NCc1cccc(OC)n1.I. The van der Waals surface area contributed by atoms with Crippen molar-refractivity contribution in [3.05, 3.63) is 59.3 Å². The van der Waals surface area contributed by atoms with Crippen LogP contribution in [0, 0.1) is 0 Å². The lowest BCUT2D eigenvalue weighted by Gasteiger charge is -2.12. The molecule has 0 aliphatic rings. The smallest absolute Gasteiger partial charge is 0.253 e. The van der Waals surface area contributed by atoms with Crippen molar-refractivity contribution in [3.8, 4) is 5.88 Å². The van der Waals surface area contributed by atoms with Crippen LogP contribution in [0.3, 0.4) is 0 Å². The van der Waals surface area contributed by atoms with Gasteiger partial charge in [0.2, 0.25) is 5.88 Å². The molecule has 0 saturated carbocycles. The van der Waals surface area contributed by atoms with E-state index in [1.807, 2.05) is 49.4 Å². The Bertz CT molecular complexity index is 778. The van der Waals surface area contributed by atoms with Gasteiger partial charge >= 0.3 is 0 Å². The van der Waals surface area contributed by atoms with E-state index in [4.69, 9.17) is 4.74 Å². The summed E-state index contributed by atoms with van der Waals surface area (Å²) in [5.74, 6) is 1.28. The summed E-state index contributed by atoms with van der Waals surface area (Å²) in [6, 6.07) is 13.2. The van der Waals surface area contributed by atoms with E-state index in [-0.39, 0.29) is 29.9 Å². The average molecular weight is 497 g/mol. The molecule has 28 heavy (non-hydrogen) atoms. The summed E-state index contributed by atoms with van der Waals surface area (Å²) in [4.78, 5) is 22.5. The van der Waals surface area contributed by atoms with Crippen LogP contribution in [0.5, 0.6) is 5.88 Å². The second kappa shape index (κ2) is 12.2. The number of rotatable bonds is 7. The van der Waals surface area contributed by atoms with Gasteiger partial charge in [-0.2, -0.15) is 0 Å². The number of ether oxygens (including phenoxy) is 1. The monoisotopic (exact) mass is 497 g/mol. The Morgan fingerprint density at radius 2 is 1.86 bits per heavy atom. The van der Waals surface area contributed by atoms with Gasteiger partial charge in [0, 0.05) is 32.3 Å². The summed E-state index contributed by atoms with van der Waals surface area (Å²) in [6.07, 6.45) is 0. The molecule has 0 unspecified atom stereocenters. The first-order valence-electron chi connectivity index (χ1n) is 8.86. The van der Waals surface area contributed by atoms with Crippen molar-refractivity contribution in [1.29, 1.82) is 0 Å². The number of nitrogens with one attached hydrogen (secondary N) is 2. The maximum atomic E-state index is 11.9.